The van der Waals surface area contributed by atoms with E-state index in [1.807, 2.05) is 0 Å². The molecule has 0 bridgehead atoms. The van der Waals surface area contributed by atoms with Crippen molar-refractivity contribution in [2.75, 3.05) is 6.61 Å². The lowest BCUT2D eigenvalue weighted by Crippen LogP contribution is -2.22. The van der Waals surface area contributed by atoms with Gasteiger partial charge in [-0.3, -0.25) is 14.8 Å². The van der Waals surface area contributed by atoms with E-state index in [1.165, 1.54) is 6.92 Å². The van der Waals surface area contributed by atoms with Crippen LogP contribution in [0.2, 0.25) is 0 Å². The maximum atomic E-state index is 12.0. The summed E-state index contributed by atoms with van der Waals surface area (Å²) in [6, 6.07) is 4.38. The molecule has 8 nitrogen and oxygen atoms in total. The summed E-state index contributed by atoms with van der Waals surface area (Å²) in [6.45, 7) is 3.19. The Labute approximate surface area is 121 Å². The van der Waals surface area contributed by atoms with Crippen LogP contribution < -0.4 is 4.72 Å². The molecule has 0 aromatic heterocycles. The highest BCUT2D eigenvalue weighted by Crippen LogP contribution is 2.16. The third kappa shape index (κ3) is 4.88. The van der Waals surface area contributed by atoms with Crippen LogP contribution in [0.25, 0.3) is 0 Å². The molecule has 0 atom stereocenters. The molecule has 1 aromatic carbocycles. The van der Waals surface area contributed by atoms with Crippen molar-refractivity contribution in [3.05, 3.63) is 46.2 Å². The minimum atomic E-state index is -3.91. The van der Waals surface area contributed by atoms with Crippen molar-refractivity contribution in [1.82, 2.24) is 4.72 Å². The Kier molecular flexibility index (Phi) is 5.42. The van der Waals surface area contributed by atoms with Gasteiger partial charge in [0.15, 0.2) is 0 Å². The number of hydrogen-bond donors (Lipinski definition) is 1. The molecule has 21 heavy (non-hydrogen) atoms. The quantitative estimate of drug-likeness (QED) is 0.366. The smallest absolute Gasteiger partial charge is 0.332 e. The second kappa shape index (κ2) is 6.84. The molecule has 0 fully saturated rings. The predicted octanol–water partition coefficient (Wildman–Crippen LogP) is 1.34. The lowest BCUT2D eigenvalue weighted by Gasteiger charge is -2.08. The van der Waals surface area contributed by atoms with E-state index in [2.05, 4.69) is 9.46 Å². The number of nitro benzene ring substituents is 1. The Hall–Kier alpha value is -2.42. The molecule has 0 spiro atoms. The van der Waals surface area contributed by atoms with Crippen molar-refractivity contribution in [2.24, 2.45) is 0 Å². The van der Waals surface area contributed by atoms with Gasteiger partial charge < -0.3 is 4.74 Å². The minimum Gasteiger partial charge on any atom is -0.463 e. The van der Waals surface area contributed by atoms with Gasteiger partial charge in [-0.2, -0.15) is 0 Å². The van der Waals surface area contributed by atoms with E-state index >= 15 is 0 Å². The van der Waals surface area contributed by atoms with Gasteiger partial charge in [0.1, 0.15) is 0 Å². The maximum absolute atomic E-state index is 12.0. The van der Waals surface area contributed by atoms with Crippen molar-refractivity contribution in [2.45, 2.75) is 18.7 Å². The Bertz CT molecular complexity index is 663. The first-order valence-electron chi connectivity index (χ1n) is 5.88. The predicted molar refractivity (Wildman–Crippen MR) is 73.8 cm³/mol. The van der Waals surface area contributed by atoms with Crippen molar-refractivity contribution in [3.8, 4) is 0 Å². The molecule has 0 aliphatic heterocycles. The van der Waals surface area contributed by atoms with Gasteiger partial charge in [0, 0.05) is 23.9 Å². The van der Waals surface area contributed by atoms with Gasteiger partial charge in [-0.15, -0.1) is 0 Å². The third-order valence-electron chi connectivity index (χ3n) is 2.27. The fraction of sp³-hybridized carbons (Fsp3) is 0.250. The summed E-state index contributed by atoms with van der Waals surface area (Å²) in [4.78, 5) is 20.9. The molecule has 114 valence electrons. The number of nitrogens with zero attached hydrogens (tertiary/aromatic N) is 1. The molecule has 0 unspecified atom stereocenters. The summed E-state index contributed by atoms with van der Waals surface area (Å²) >= 11 is 0. The van der Waals surface area contributed by atoms with Gasteiger partial charge in [-0.1, -0.05) is 0 Å². The third-order valence-corrected chi connectivity index (χ3v) is 3.76. The first kappa shape index (κ1) is 16.6. The molecular weight excluding hydrogens is 300 g/mol. The monoisotopic (exact) mass is 314 g/mol. The number of nitro groups is 1. The molecule has 0 radical (unpaired) electrons. The molecule has 0 aliphatic carbocycles. The van der Waals surface area contributed by atoms with Gasteiger partial charge in [0.25, 0.3) is 15.7 Å². The van der Waals surface area contributed by atoms with Crippen molar-refractivity contribution >= 4 is 21.7 Å². The Morgan fingerprint density at radius 2 is 1.95 bits per heavy atom. The zero-order valence-electron chi connectivity index (χ0n) is 11.4. The lowest BCUT2D eigenvalue weighted by molar-refractivity contribution is -0.384. The maximum Gasteiger partial charge on any atom is 0.332 e. The number of carbonyl (C=O) groups is 1. The molecule has 0 heterocycles. The van der Waals surface area contributed by atoms with Gasteiger partial charge >= 0.3 is 5.97 Å². The number of nitrogens with one attached hydrogen (secondary N) is 1. The molecule has 0 saturated heterocycles. The standard InChI is InChI=1S/C12H14N2O6S/c1-3-20-12(15)8-9(2)13-21(18,19)11-6-4-10(5-7-11)14(16)17/h4-8,13H,3H2,1-2H3. The van der Waals surface area contributed by atoms with Crippen LogP contribution in [0.15, 0.2) is 40.9 Å². The van der Waals surface area contributed by atoms with Crippen LogP contribution in [0.3, 0.4) is 0 Å². The normalized spacial score (nSPS) is 11.8. The number of esters is 1. The average Bonchev–Trinajstić information content (AvgIpc) is 2.38. The molecule has 9 heteroatoms. The number of sulfonamides is 1. The van der Waals surface area contributed by atoms with Crippen LogP contribution in [0, 0.1) is 10.1 Å². The Balaban J connectivity index is 2.91. The van der Waals surface area contributed by atoms with Crippen molar-refractivity contribution < 1.29 is 22.9 Å². The van der Waals surface area contributed by atoms with Crippen molar-refractivity contribution in [1.29, 1.82) is 0 Å². The summed E-state index contributed by atoms with van der Waals surface area (Å²) < 4.78 is 30.8. The number of benzene rings is 1. The summed E-state index contributed by atoms with van der Waals surface area (Å²) in [6.07, 6.45) is 1.01. The molecule has 0 aliphatic rings. The largest absolute Gasteiger partial charge is 0.463 e. The SMILES string of the molecule is CCOC(=O)C=C(C)NS(=O)(=O)c1ccc([N+](=O)[O-])cc1. The van der Waals surface area contributed by atoms with E-state index in [4.69, 9.17) is 0 Å². The number of carbonyl (C=O) groups excluding carboxylic acids is 1. The highest BCUT2D eigenvalue weighted by Gasteiger charge is 2.16. The Morgan fingerprint density at radius 1 is 1.38 bits per heavy atom. The highest BCUT2D eigenvalue weighted by atomic mass is 32.2. The first-order valence-corrected chi connectivity index (χ1v) is 7.37. The molecule has 1 rings (SSSR count). The fourth-order valence-electron chi connectivity index (χ4n) is 1.41. The van der Waals surface area contributed by atoms with E-state index in [9.17, 15) is 23.3 Å². The number of rotatable bonds is 6. The second-order valence-corrected chi connectivity index (χ2v) is 5.62. The summed E-state index contributed by atoms with van der Waals surface area (Å²) in [7, 11) is -3.91. The van der Waals surface area contributed by atoms with Crippen molar-refractivity contribution in [3.63, 3.8) is 0 Å². The number of non-ortho nitro benzene ring substituents is 1. The molecular formula is C12H14N2O6S. The second-order valence-electron chi connectivity index (χ2n) is 3.94. The van der Waals surface area contributed by atoms with Gasteiger partial charge in [0.05, 0.1) is 16.4 Å². The lowest BCUT2D eigenvalue weighted by atomic mass is 10.3. The van der Waals surface area contributed by atoms with Gasteiger partial charge in [0.2, 0.25) is 0 Å². The van der Waals surface area contributed by atoms with Gasteiger partial charge in [-0.25, -0.2) is 13.2 Å². The summed E-state index contributed by atoms with van der Waals surface area (Å²) in [5.41, 5.74) is -0.139. The minimum absolute atomic E-state index is 0.0757. The zero-order chi connectivity index (χ0) is 16.0. The van der Waals surface area contributed by atoms with Crippen LogP contribution in [-0.2, 0) is 19.6 Å². The van der Waals surface area contributed by atoms with Crippen LogP contribution in [-0.4, -0.2) is 25.9 Å². The summed E-state index contributed by atoms with van der Waals surface area (Å²) in [5.74, 6) is -0.665. The number of ether oxygens (including phenoxy) is 1. The van der Waals surface area contributed by atoms with E-state index in [1.54, 1.807) is 6.92 Å². The van der Waals surface area contributed by atoms with Crippen LogP contribution in [0.1, 0.15) is 13.8 Å². The van der Waals surface area contributed by atoms with E-state index in [-0.39, 0.29) is 22.9 Å². The first-order chi connectivity index (χ1) is 9.76. The van der Waals surface area contributed by atoms with Crippen LogP contribution in [0.4, 0.5) is 5.69 Å². The Morgan fingerprint density at radius 3 is 2.43 bits per heavy atom. The molecule has 1 N–H and O–H groups in total. The van der Waals surface area contributed by atoms with Crippen LogP contribution in [0.5, 0.6) is 0 Å². The summed E-state index contributed by atoms with van der Waals surface area (Å²) in [5, 5.41) is 10.5. The van der Waals surface area contributed by atoms with E-state index in [0.717, 1.165) is 30.3 Å². The molecule has 0 saturated carbocycles. The van der Waals surface area contributed by atoms with E-state index in [0.29, 0.717) is 0 Å². The average molecular weight is 314 g/mol. The zero-order valence-corrected chi connectivity index (χ0v) is 12.2. The molecule has 0 amide bonds. The molecule has 1 aromatic rings. The number of allylic oxidation sites excluding steroid dienone is 1. The van der Waals surface area contributed by atoms with Gasteiger partial charge in [-0.05, 0) is 26.0 Å². The topological polar surface area (TPSA) is 116 Å². The van der Waals surface area contributed by atoms with Crippen LogP contribution >= 0.6 is 0 Å². The fourth-order valence-corrected chi connectivity index (χ4v) is 2.50. The van der Waals surface area contributed by atoms with E-state index < -0.39 is 20.9 Å². The highest BCUT2D eigenvalue weighted by molar-refractivity contribution is 7.89. The number of hydrogen-bond acceptors (Lipinski definition) is 6.